The van der Waals surface area contributed by atoms with Crippen LogP contribution in [0.25, 0.3) is 21.9 Å². The molecule has 0 heterocycles. The van der Waals surface area contributed by atoms with E-state index in [9.17, 15) is 17.6 Å². The first kappa shape index (κ1) is 25.5. The van der Waals surface area contributed by atoms with Gasteiger partial charge in [-0.1, -0.05) is 42.5 Å². The second-order valence-corrected chi connectivity index (χ2v) is 7.84. The average molecular weight is 490 g/mol. The summed E-state index contributed by atoms with van der Waals surface area (Å²) >= 11 is 0. The summed E-state index contributed by atoms with van der Waals surface area (Å²) < 4.78 is 58.4. The number of hydrogen-bond donors (Lipinski definition) is 1. The Hall–Kier alpha value is -3.09. The third-order valence-corrected chi connectivity index (χ3v) is 5.56. The van der Waals surface area contributed by atoms with Crippen molar-refractivity contribution in [2.45, 2.75) is 19.1 Å². The van der Waals surface area contributed by atoms with Crippen LogP contribution in [0.4, 0.5) is 17.6 Å². The molecule has 0 amide bonds. The number of fused-ring (bicyclic) bond motifs is 1. The Bertz CT molecular complexity index is 1270. The quantitative estimate of drug-likeness (QED) is 0.215. The van der Waals surface area contributed by atoms with Crippen molar-refractivity contribution in [2.75, 3.05) is 13.7 Å². The van der Waals surface area contributed by atoms with E-state index in [-0.39, 0.29) is 18.2 Å². The lowest BCUT2D eigenvalue weighted by molar-refractivity contribution is -0.137. The van der Waals surface area contributed by atoms with Crippen molar-refractivity contribution < 1.29 is 22.3 Å². The number of nitrogens with one attached hydrogen (secondary N) is 1. The molecule has 2 nitrogen and oxygen atoms in total. The van der Waals surface area contributed by atoms with Gasteiger partial charge in [0, 0.05) is 6.54 Å². The molecule has 0 unspecified atom stereocenters. The van der Waals surface area contributed by atoms with Gasteiger partial charge in [-0.05, 0) is 82.4 Å². The monoisotopic (exact) mass is 489 g/mol. The summed E-state index contributed by atoms with van der Waals surface area (Å²) in [5, 5.41) is 5.23. The van der Waals surface area contributed by atoms with E-state index >= 15 is 0 Å². The fourth-order valence-electron chi connectivity index (χ4n) is 3.90. The van der Waals surface area contributed by atoms with Crippen LogP contribution >= 0.6 is 12.4 Å². The van der Waals surface area contributed by atoms with E-state index in [1.54, 1.807) is 18.2 Å². The minimum absolute atomic E-state index is 0. The lowest BCUT2D eigenvalue weighted by Crippen LogP contribution is -2.16. The summed E-state index contributed by atoms with van der Waals surface area (Å²) in [6.45, 7) is 1.20. The van der Waals surface area contributed by atoms with Crippen molar-refractivity contribution >= 4 is 23.2 Å². The summed E-state index contributed by atoms with van der Waals surface area (Å²) in [6, 6.07) is 21.9. The molecule has 7 heteroatoms. The molecule has 0 saturated carbocycles. The number of alkyl halides is 3. The van der Waals surface area contributed by atoms with Gasteiger partial charge in [0.25, 0.3) is 0 Å². The predicted molar refractivity (Wildman–Crippen MR) is 130 cm³/mol. The van der Waals surface area contributed by atoms with Crippen LogP contribution in [0.2, 0.25) is 0 Å². The predicted octanol–water partition coefficient (Wildman–Crippen LogP) is 7.43. The van der Waals surface area contributed by atoms with Gasteiger partial charge < -0.3 is 10.1 Å². The number of ether oxygens (including phenoxy) is 1. The molecule has 0 aliphatic heterocycles. The second-order valence-electron chi connectivity index (χ2n) is 7.84. The molecule has 0 radical (unpaired) electrons. The molecule has 4 aromatic rings. The minimum atomic E-state index is -4.39. The van der Waals surface area contributed by atoms with E-state index < -0.39 is 17.6 Å². The molecule has 0 fully saturated rings. The van der Waals surface area contributed by atoms with E-state index in [2.05, 4.69) is 5.32 Å². The Labute approximate surface area is 202 Å². The molecule has 0 bridgehead atoms. The van der Waals surface area contributed by atoms with Gasteiger partial charge in [-0.2, -0.15) is 13.2 Å². The van der Waals surface area contributed by atoms with E-state index in [0.29, 0.717) is 25.1 Å². The molecule has 0 aliphatic carbocycles. The first-order valence-corrected chi connectivity index (χ1v) is 10.6. The van der Waals surface area contributed by atoms with Crippen LogP contribution in [0.15, 0.2) is 78.9 Å². The van der Waals surface area contributed by atoms with Gasteiger partial charge in [0.1, 0.15) is 0 Å². The SMILES string of the molecule is COc1cc(CCNCc2cc(-c3cccc(C(F)(F)F)c3)c3ccccc3c2)ccc1F.Cl. The number of halogens is 5. The van der Waals surface area contributed by atoms with Crippen LogP contribution < -0.4 is 10.1 Å². The molecule has 34 heavy (non-hydrogen) atoms. The highest BCUT2D eigenvalue weighted by molar-refractivity contribution is 5.97. The number of benzene rings is 4. The number of methoxy groups -OCH3 is 1. The maximum atomic E-state index is 13.6. The van der Waals surface area contributed by atoms with Gasteiger partial charge in [-0.25, -0.2) is 4.39 Å². The van der Waals surface area contributed by atoms with Crippen molar-refractivity contribution in [1.29, 1.82) is 0 Å². The molecule has 1 N–H and O–H groups in total. The largest absolute Gasteiger partial charge is 0.494 e. The first-order valence-electron chi connectivity index (χ1n) is 10.6. The highest BCUT2D eigenvalue weighted by atomic mass is 35.5. The van der Waals surface area contributed by atoms with E-state index in [4.69, 9.17) is 4.74 Å². The third-order valence-electron chi connectivity index (χ3n) is 5.56. The van der Waals surface area contributed by atoms with Crippen LogP contribution in [0.5, 0.6) is 5.75 Å². The van der Waals surface area contributed by atoms with Crippen LogP contribution in [0.3, 0.4) is 0 Å². The molecule has 4 aromatic carbocycles. The number of hydrogen-bond acceptors (Lipinski definition) is 2. The van der Waals surface area contributed by atoms with Crippen molar-refractivity contribution in [3.05, 3.63) is 101 Å². The average Bonchev–Trinajstić information content (AvgIpc) is 2.82. The van der Waals surface area contributed by atoms with Gasteiger partial charge in [0.2, 0.25) is 0 Å². The van der Waals surface area contributed by atoms with Gasteiger partial charge >= 0.3 is 6.18 Å². The Morgan fingerprint density at radius 3 is 2.41 bits per heavy atom. The van der Waals surface area contributed by atoms with Gasteiger partial charge in [0.15, 0.2) is 11.6 Å². The molecular formula is C27H24ClF4NO. The summed E-state index contributed by atoms with van der Waals surface area (Å²) in [4.78, 5) is 0. The van der Waals surface area contributed by atoms with E-state index in [1.165, 1.54) is 25.3 Å². The molecule has 0 aliphatic rings. The maximum absolute atomic E-state index is 13.6. The Balaban J connectivity index is 0.00000324. The molecule has 4 rings (SSSR count). The van der Waals surface area contributed by atoms with Gasteiger partial charge in [0.05, 0.1) is 12.7 Å². The fourth-order valence-corrected chi connectivity index (χ4v) is 3.90. The second kappa shape index (κ2) is 10.9. The van der Waals surface area contributed by atoms with E-state index in [1.807, 2.05) is 36.4 Å². The van der Waals surface area contributed by atoms with Gasteiger partial charge in [-0.3, -0.25) is 0 Å². The normalized spacial score (nSPS) is 11.3. The molecule has 0 saturated heterocycles. The van der Waals surface area contributed by atoms with Crippen LogP contribution in [-0.2, 0) is 19.1 Å². The summed E-state index contributed by atoms with van der Waals surface area (Å²) in [6.07, 6.45) is -3.71. The van der Waals surface area contributed by atoms with Gasteiger partial charge in [-0.15, -0.1) is 12.4 Å². The smallest absolute Gasteiger partial charge is 0.416 e. The van der Waals surface area contributed by atoms with Crippen molar-refractivity contribution in [1.82, 2.24) is 5.32 Å². The zero-order valence-electron chi connectivity index (χ0n) is 18.5. The van der Waals surface area contributed by atoms with Crippen LogP contribution in [-0.4, -0.2) is 13.7 Å². The highest BCUT2D eigenvalue weighted by Gasteiger charge is 2.30. The van der Waals surface area contributed by atoms with Crippen molar-refractivity contribution in [2.24, 2.45) is 0 Å². The molecule has 0 aromatic heterocycles. The molecule has 0 spiro atoms. The van der Waals surface area contributed by atoms with E-state index in [0.717, 1.165) is 33.5 Å². The van der Waals surface area contributed by atoms with Crippen LogP contribution in [0.1, 0.15) is 16.7 Å². The standard InChI is InChI=1S/C27H23F4NO.ClH/c1-33-26-15-18(9-10-25(26)28)11-12-32-17-19-13-20-5-2-3-8-23(20)24(14-19)21-6-4-7-22(16-21)27(29,30)31;/h2-10,13-16,32H,11-12,17H2,1H3;1H. The van der Waals surface area contributed by atoms with Crippen molar-refractivity contribution in [3.8, 4) is 16.9 Å². The molecular weight excluding hydrogens is 466 g/mol. The van der Waals surface area contributed by atoms with Crippen LogP contribution in [0, 0.1) is 5.82 Å². The molecule has 178 valence electrons. The Kier molecular flexibility index (Phi) is 8.18. The zero-order chi connectivity index (χ0) is 23.4. The maximum Gasteiger partial charge on any atom is 0.416 e. The topological polar surface area (TPSA) is 21.3 Å². The first-order chi connectivity index (χ1) is 15.8. The van der Waals surface area contributed by atoms with Crippen molar-refractivity contribution in [3.63, 3.8) is 0 Å². The highest BCUT2D eigenvalue weighted by Crippen LogP contribution is 2.35. The summed E-state index contributed by atoms with van der Waals surface area (Å²) in [5.41, 5.74) is 2.55. The lowest BCUT2D eigenvalue weighted by atomic mass is 9.94. The number of rotatable bonds is 7. The third kappa shape index (κ3) is 5.88. The summed E-state index contributed by atoms with van der Waals surface area (Å²) in [5.74, 6) is -0.180. The minimum Gasteiger partial charge on any atom is -0.494 e. The summed E-state index contributed by atoms with van der Waals surface area (Å²) in [7, 11) is 1.43. The zero-order valence-corrected chi connectivity index (χ0v) is 19.3. The Morgan fingerprint density at radius 2 is 1.65 bits per heavy atom. The lowest BCUT2D eigenvalue weighted by Gasteiger charge is -2.14. The molecule has 0 atom stereocenters. The Morgan fingerprint density at radius 1 is 0.853 bits per heavy atom. The fraction of sp³-hybridized carbons (Fsp3) is 0.185.